The van der Waals surface area contributed by atoms with Crippen molar-refractivity contribution in [2.45, 2.75) is 0 Å². The van der Waals surface area contributed by atoms with Gasteiger partial charge in [-0.1, -0.05) is 22.6 Å². The van der Waals surface area contributed by atoms with Crippen molar-refractivity contribution in [3.05, 3.63) is 10.4 Å². The Labute approximate surface area is 37.8 Å². The molecule has 0 N–H and O–H groups in total. The lowest BCUT2D eigenvalue weighted by atomic mass is 11.2. The first kappa shape index (κ1) is 4.40. The molecule has 0 aromatic carbocycles. The lowest BCUT2D eigenvalue weighted by Crippen LogP contribution is -1.13. The molecule has 0 amide bonds. The van der Waals surface area contributed by atoms with E-state index in [1.165, 1.54) is 4.08 Å². The Morgan fingerprint density at radius 1 is 1.75 bits per heavy atom. The summed E-state index contributed by atoms with van der Waals surface area (Å²) in [6, 6.07) is 0. The molecule has 0 aliphatic carbocycles. The van der Waals surface area contributed by atoms with E-state index in [1.807, 2.05) is 0 Å². The zero-order valence-corrected chi connectivity index (χ0v) is 4.07. The summed E-state index contributed by atoms with van der Waals surface area (Å²) in [6.45, 7) is 0. The average molecular weight is 172 g/mol. The van der Waals surface area contributed by atoms with Gasteiger partial charge in [-0.3, -0.25) is 0 Å². The SMILES string of the molecule is F/C=C\I. The first-order chi connectivity index (χ1) is 1.91. The van der Waals surface area contributed by atoms with E-state index in [0.29, 0.717) is 6.33 Å². The van der Waals surface area contributed by atoms with Crippen LogP contribution < -0.4 is 0 Å². The fourth-order valence-electron chi connectivity index (χ4n) is 0. The highest BCUT2D eigenvalue weighted by atomic mass is 127. The van der Waals surface area contributed by atoms with Gasteiger partial charge in [-0.2, -0.15) is 0 Å². The first-order valence-electron chi connectivity index (χ1n) is 0.770. The van der Waals surface area contributed by atoms with Crippen LogP contribution in [0.5, 0.6) is 0 Å². The van der Waals surface area contributed by atoms with Crippen LogP contribution in [-0.4, -0.2) is 0 Å². The van der Waals surface area contributed by atoms with Crippen molar-refractivity contribution >= 4 is 22.6 Å². The minimum absolute atomic E-state index is 0.487. The summed E-state index contributed by atoms with van der Waals surface area (Å²) in [5.74, 6) is 0. The zero-order valence-electron chi connectivity index (χ0n) is 1.91. The molecule has 0 rings (SSSR count). The van der Waals surface area contributed by atoms with Crippen LogP contribution in [-0.2, 0) is 0 Å². The Morgan fingerprint density at radius 2 is 2.00 bits per heavy atom. The van der Waals surface area contributed by atoms with Crippen molar-refractivity contribution < 1.29 is 4.39 Å². The Kier molecular flexibility index (Phi) is 3.74. The molecular formula is C2H2FI. The Morgan fingerprint density at radius 3 is 2.00 bits per heavy atom. The second kappa shape index (κ2) is 3.40. The van der Waals surface area contributed by atoms with Gasteiger partial charge >= 0.3 is 0 Å². The van der Waals surface area contributed by atoms with Crippen molar-refractivity contribution in [2.24, 2.45) is 0 Å². The van der Waals surface area contributed by atoms with E-state index in [1.54, 1.807) is 22.6 Å². The van der Waals surface area contributed by atoms with Crippen LogP contribution in [0.2, 0.25) is 0 Å². The van der Waals surface area contributed by atoms with Gasteiger partial charge in [0.1, 0.15) is 0 Å². The maximum Gasteiger partial charge on any atom is 0.0927 e. The highest BCUT2D eigenvalue weighted by molar-refractivity contribution is 14.1. The summed E-state index contributed by atoms with van der Waals surface area (Å²) < 4.78 is 11.8. The molecule has 0 radical (unpaired) electrons. The molecule has 24 valence electrons. The Hall–Kier alpha value is 0.400. The van der Waals surface area contributed by atoms with Crippen molar-refractivity contribution in [3.8, 4) is 0 Å². The third-order valence-electron chi connectivity index (χ3n) is 0.0476. The summed E-state index contributed by atoms with van der Waals surface area (Å²) in [5.41, 5.74) is 0. The van der Waals surface area contributed by atoms with Crippen LogP contribution in [0.4, 0.5) is 4.39 Å². The predicted octanol–water partition coefficient (Wildman–Crippen LogP) is 1.86. The largest absolute Gasteiger partial charge is 0.215 e. The lowest BCUT2D eigenvalue weighted by Gasteiger charge is -1.43. The van der Waals surface area contributed by atoms with Gasteiger partial charge in [0.2, 0.25) is 0 Å². The topological polar surface area (TPSA) is 0 Å². The fraction of sp³-hybridized carbons (Fsp3) is 0. The standard InChI is InChI=1S/C2H2FI/c3-1-2-4/h1-2H/b2-1-. The molecule has 0 bridgehead atoms. The minimum atomic E-state index is 0.487. The molecule has 0 aromatic rings. The normalized spacial score (nSPS) is 9.50. The van der Waals surface area contributed by atoms with Gasteiger partial charge in [-0.25, -0.2) is 4.39 Å². The average Bonchev–Trinajstić information content (AvgIpc) is 1.37. The van der Waals surface area contributed by atoms with E-state index in [4.69, 9.17) is 0 Å². The maximum atomic E-state index is 10.5. The third kappa shape index (κ3) is 2.40. The maximum absolute atomic E-state index is 10.5. The second-order valence-corrected chi connectivity index (χ2v) is 0.971. The van der Waals surface area contributed by atoms with Gasteiger partial charge in [0.15, 0.2) is 0 Å². The van der Waals surface area contributed by atoms with Crippen molar-refractivity contribution in [3.63, 3.8) is 0 Å². The summed E-state index contributed by atoms with van der Waals surface area (Å²) in [4.78, 5) is 0. The Bertz CT molecular complexity index is 21.2. The minimum Gasteiger partial charge on any atom is -0.215 e. The summed E-state index contributed by atoms with van der Waals surface area (Å²) in [7, 11) is 0. The second-order valence-electron chi connectivity index (χ2n) is 0.252. The fourth-order valence-corrected chi connectivity index (χ4v) is 0. The first-order valence-corrected chi connectivity index (χ1v) is 2.02. The molecule has 0 aliphatic rings. The third-order valence-corrected chi connectivity index (χ3v) is 0.319. The number of halogens is 2. The van der Waals surface area contributed by atoms with Crippen molar-refractivity contribution in [1.29, 1.82) is 0 Å². The van der Waals surface area contributed by atoms with Crippen LogP contribution in [0, 0.1) is 0 Å². The van der Waals surface area contributed by atoms with Crippen LogP contribution in [0.15, 0.2) is 10.4 Å². The molecule has 0 saturated carbocycles. The van der Waals surface area contributed by atoms with E-state index >= 15 is 0 Å². The molecule has 0 aromatic heterocycles. The van der Waals surface area contributed by atoms with Crippen LogP contribution in [0.25, 0.3) is 0 Å². The van der Waals surface area contributed by atoms with Gasteiger partial charge < -0.3 is 0 Å². The molecule has 0 spiro atoms. The molecule has 0 nitrogen and oxygen atoms in total. The summed E-state index contributed by atoms with van der Waals surface area (Å²) >= 11 is 1.80. The van der Waals surface area contributed by atoms with Gasteiger partial charge in [0.25, 0.3) is 0 Å². The van der Waals surface area contributed by atoms with E-state index in [2.05, 4.69) is 0 Å². The molecule has 4 heavy (non-hydrogen) atoms. The molecule has 0 fully saturated rings. The molecule has 0 saturated heterocycles. The van der Waals surface area contributed by atoms with Crippen LogP contribution >= 0.6 is 22.6 Å². The van der Waals surface area contributed by atoms with E-state index < -0.39 is 0 Å². The molecule has 2 heteroatoms. The number of hydrogen-bond acceptors (Lipinski definition) is 0. The van der Waals surface area contributed by atoms with Crippen molar-refractivity contribution in [1.82, 2.24) is 0 Å². The van der Waals surface area contributed by atoms with Crippen LogP contribution in [0.3, 0.4) is 0 Å². The summed E-state index contributed by atoms with van der Waals surface area (Å²) in [6.07, 6.45) is 0.487. The van der Waals surface area contributed by atoms with E-state index in [-0.39, 0.29) is 0 Å². The van der Waals surface area contributed by atoms with Gasteiger partial charge in [0, 0.05) is 4.08 Å². The van der Waals surface area contributed by atoms with Gasteiger partial charge in [0.05, 0.1) is 6.33 Å². The molecule has 0 unspecified atom stereocenters. The highest BCUT2D eigenvalue weighted by Gasteiger charge is 1.41. The number of hydrogen-bond donors (Lipinski definition) is 0. The molecule has 0 heterocycles. The van der Waals surface area contributed by atoms with Crippen molar-refractivity contribution in [2.75, 3.05) is 0 Å². The smallest absolute Gasteiger partial charge is 0.0927 e. The molecule has 0 aliphatic heterocycles. The quantitative estimate of drug-likeness (QED) is 0.489. The monoisotopic (exact) mass is 172 g/mol. The molecular weight excluding hydrogens is 170 g/mol. The number of rotatable bonds is 0. The molecule has 0 atom stereocenters. The van der Waals surface area contributed by atoms with Crippen LogP contribution in [0.1, 0.15) is 0 Å². The van der Waals surface area contributed by atoms with Gasteiger partial charge in [-0.15, -0.1) is 0 Å². The van der Waals surface area contributed by atoms with Gasteiger partial charge in [-0.05, 0) is 0 Å². The summed E-state index contributed by atoms with van der Waals surface area (Å²) in [5, 5.41) is 0. The van der Waals surface area contributed by atoms with E-state index in [0.717, 1.165) is 0 Å². The Balaban J connectivity index is 2.55. The highest BCUT2D eigenvalue weighted by Crippen LogP contribution is 1.80. The predicted molar refractivity (Wildman–Crippen MR) is 24.3 cm³/mol. The zero-order chi connectivity index (χ0) is 3.41. The lowest BCUT2D eigenvalue weighted by molar-refractivity contribution is 0.724. The van der Waals surface area contributed by atoms with E-state index in [9.17, 15) is 4.39 Å².